The maximum absolute atomic E-state index is 11.8. The molecule has 0 aliphatic heterocycles. The van der Waals surface area contributed by atoms with Crippen LogP contribution < -0.4 is 16.0 Å². The largest absolute Gasteiger partial charge is 0.356 e. The monoisotopic (exact) mass is 458 g/mol. The lowest BCUT2D eigenvalue weighted by atomic mass is 10.1. The van der Waals surface area contributed by atoms with E-state index in [2.05, 4.69) is 25.9 Å². The molecule has 2 aromatic rings. The van der Waals surface area contributed by atoms with Crippen molar-refractivity contribution in [2.75, 3.05) is 20.1 Å². The number of hydrogen-bond acceptors (Lipinski definition) is 3. The van der Waals surface area contributed by atoms with E-state index in [0.29, 0.717) is 12.5 Å². The van der Waals surface area contributed by atoms with Crippen molar-refractivity contribution in [2.24, 2.45) is 4.99 Å². The SMILES string of the molecule is CN=C(NCCc1cn2ccccc2n1)NCC(=O)NC(C)(C)C.I. The molecule has 25 heavy (non-hydrogen) atoms. The summed E-state index contributed by atoms with van der Waals surface area (Å²) in [5.41, 5.74) is 1.71. The molecule has 0 spiro atoms. The molecule has 7 nitrogen and oxygen atoms in total. The molecule has 0 atom stereocenters. The molecular formula is C17H27IN6O. The second-order valence-corrected chi connectivity index (χ2v) is 6.60. The second kappa shape index (κ2) is 9.59. The Bertz CT molecular complexity index is 686. The molecule has 3 N–H and O–H groups in total. The standard InChI is InChI=1S/C17H26N6O.HI/c1-17(2,3)22-15(24)11-20-16(18-4)19-9-8-13-12-23-10-6-5-7-14(23)21-13;/h5-7,10,12H,8-9,11H2,1-4H3,(H,22,24)(H2,18,19,20);1H. The number of carbonyl (C=O) groups excluding carboxylic acids is 1. The number of aliphatic imine (C=N–C) groups is 1. The number of halogens is 1. The van der Waals surface area contributed by atoms with Crippen LogP contribution in [0.4, 0.5) is 0 Å². The molecule has 0 aliphatic rings. The number of fused-ring (bicyclic) bond motifs is 1. The van der Waals surface area contributed by atoms with Gasteiger partial charge in [0, 0.05) is 37.9 Å². The van der Waals surface area contributed by atoms with E-state index in [1.807, 2.05) is 55.8 Å². The first kappa shape index (κ1) is 21.2. The fourth-order valence-electron chi connectivity index (χ4n) is 2.26. The van der Waals surface area contributed by atoms with Crippen LogP contribution in [-0.4, -0.2) is 46.9 Å². The minimum atomic E-state index is -0.237. The summed E-state index contributed by atoms with van der Waals surface area (Å²) >= 11 is 0. The van der Waals surface area contributed by atoms with Crippen molar-refractivity contribution < 1.29 is 4.79 Å². The zero-order valence-electron chi connectivity index (χ0n) is 15.2. The van der Waals surface area contributed by atoms with Crippen LogP contribution in [-0.2, 0) is 11.2 Å². The van der Waals surface area contributed by atoms with Gasteiger partial charge in [0.1, 0.15) is 5.65 Å². The van der Waals surface area contributed by atoms with E-state index < -0.39 is 0 Å². The molecule has 0 fully saturated rings. The normalized spacial score (nSPS) is 11.8. The van der Waals surface area contributed by atoms with Gasteiger partial charge < -0.3 is 20.4 Å². The number of imidazole rings is 1. The van der Waals surface area contributed by atoms with Crippen molar-refractivity contribution in [3.8, 4) is 0 Å². The van der Waals surface area contributed by atoms with Crippen molar-refractivity contribution in [1.29, 1.82) is 0 Å². The molecule has 8 heteroatoms. The molecule has 2 heterocycles. The Labute approximate surface area is 165 Å². The highest BCUT2D eigenvalue weighted by molar-refractivity contribution is 14.0. The Morgan fingerprint density at radius 2 is 2.04 bits per heavy atom. The number of nitrogens with one attached hydrogen (secondary N) is 3. The molecule has 0 radical (unpaired) electrons. The number of pyridine rings is 1. The summed E-state index contributed by atoms with van der Waals surface area (Å²) < 4.78 is 2.00. The van der Waals surface area contributed by atoms with Crippen LogP contribution in [0.3, 0.4) is 0 Å². The molecule has 0 saturated heterocycles. The quantitative estimate of drug-likeness (QED) is 0.361. The topological polar surface area (TPSA) is 82.8 Å². The summed E-state index contributed by atoms with van der Waals surface area (Å²) in [5.74, 6) is 0.536. The van der Waals surface area contributed by atoms with Crippen LogP contribution in [0.1, 0.15) is 26.5 Å². The Morgan fingerprint density at radius 3 is 2.68 bits per heavy atom. The smallest absolute Gasteiger partial charge is 0.239 e. The number of rotatable bonds is 5. The van der Waals surface area contributed by atoms with Crippen LogP contribution in [0, 0.1) is 0 Å². The molecule has 2 aromatic heterocycles. The van der Waals surface area contributed by atoms with Gasteiger partial charge in [-0.3, -0.25) is 9.79 Å². The summed E-state index contributed by atoms with van der Waals surface area (Å²) in [4.78, 5) is 20.5. The Kier molecular flexibility index (Phi) is 8.14. The number of aromatic nitrogens is 2. The van der Waals surface area contributed by atoms with E-state index >= 15 is 0 Å². The van der Waals surface area contributed by atoms with E-state index in [0.717, 1.165) is 17.8 Å². The van der Waals surface area contributed by atoms with Gasteiger partial charge in [0.05, 0.1) is 12.2 Å². The zero-order chi connectivity index (χ0) is 17.6. The van der Waals surface area contributed by atoms with Crippen molar-refractivity contribution in [3.63, 3.8) is 0 Å². The van der Waals surface area contributed by atoms with E-state index in [9.17, 15) is 4.79 Å². The summed E-state index contributed by atoms with van der Waals surface area (Å²) in [6, 6.07) is 5.93. The van der Waals surface area contributed by atoms with Crippen LogP contribution in [0.2, 0.25) is 0 Å². The lowest BCUT2D eigenvalue weighted by Crippen LogP contribution is -2.48. The number of guanidine groups is 1. The molecule has 0 unspecified atom stereocenters. The number of carbonyl (C=O) groups is 1. The van der Waals surface area contributed by atoms with E-state index in [1.165, 1.54) is 0 Å². The molecule has 0 aliphatic carbocycles. The third kappa shape index (κ3) is 7.29. The van der Waals surface area contributed by atoms with Gasteiger partial charge in [-0.25, -0.2) is 4.98 Å². The highest BCUT2D eigenvalue weighted by Gasteiger charge is 2.13. The van der Waals surface area contributed by atoms with Gasteiger partial charge in [-0.05, 0) is 32.9 Å². The van der Waals surface area contributed by atoms with Gasteiger partial charge in [0.15, 0.2) is 5.96 Å². The van der Waals surface area contributed by atoms with Crippen molar-refractivity contribution in [3.05, 3.63) is 36.3 Å². The number of nitrogens with zero attached hydrogens (tertiary/aromatic N) is 3. The predicted octanol–water partition coefficient (Wildman–Crippen LogP) is 1.57. The molecule has 138 valence electrons. The van der Waals surface area contributed by atoms with Crippen LogP contribution in [0.15, 0.2) is 35.6 Å². The highest BCUT2D eigenvalue weighted by Crippen LogP contribution is 2.04. The summed E-state index contributed by atoms with van der Waals surface area (Å²) in [7, 11) is 1.68. The Morgan fingerprint density at radius 1 is 1.28 bits per heavy atom. The van der Waals surface area contributed by atoms with E-state index in [-0.39, 0.29) is 42.0 Å². The van der Waals surface area contributed by atoms with Crippen LogP contribution >= 0.6 is 24.0 Å². The van der Waals surface area contributed by atoms with Gasteiger partial charge in [-0.15, -0.1) is 24.0 Å². The number of hydrogen-bond donors (Lipinski definition) is 3. The molecule has 0 bridgehead atoms. The lowest BCUT2D eigenvalue weighted by Gasteiger charge is -2.21. The average Bonchev–Trinajstić information content (AvgIpc) is 2.91. The molecule has 0 saturated carbocycles. The van der Waals surface area contributed by atoms with Crippen molar-refractivity contribution in [1.82, 2.24) is 25.3 Å². The minimum absolute atomic E-state index is 0. The van der Waals surface area contributed by atoms with Crippen LogP contribution in [0.5, 0.6) is 0 Å². The second-order valence-electron chi connectivity index (χ2n) is 6.60. The zero-order valence-corrected chi connectivity index (χ0v) is 17.5. The third-order valence-electron chi connectivity index (χ3n) is 3.24. The van der Waals surface area contributed by atoms with Crippen molar-refractivity contribution >= 4 is 41.5 Å². The maximum atomic E-state index is 11.8. The summed E-state index contributed by atoms with van der Waals surface area (Å²) in [6.45, 7) is 6.72. The highest BCUT2D eigenvalue weighted by atomic mass is 127. The fourth-order valence-corrected chi connectivity index (χ4v) is 2.26. The maximum Gasteiger partial charge on any atom is 0.239 e. The first-order valence-corrected chi connectivity index (χ1v) is 8.05. The third-order valence-corrected chi connectivity index (χ3v) is 3.24. The number of amides is 1. The molecule has 0 aromatic carbocycles. The minimum Gasteiger partial charge on any atom is -0.356 e. The van der Waals surface area contributed by atoms with E-state index in [1.54, 1.807) is 7.05 Å². The fraction of sp³-hybridized carbons (Fsp3) is 0.471. The Balaban J connectivity index is 0.00000312. The van der Waals surface area contributed by atoms with Gasteiger partial charge in [0.25, 0.3) is 0 Å². The average molecular weight is 458 g/mol. The lowest BCUT2D eigenvalue weighted by molar-refractivity contribution is -0.121. The van der Waals surface area contributed by atoms with Gasteiger partial charge in [0.2, 0.25) is 5.91 Å². The van der Waals surface area contributed by atoms with Crippen LogP contribution in [0.25, 0.3) is 5.65 Å². The van der Waals surface area contributed by atoms with Gasteiger partial charge in [-0.1, -0.05) is 6.07 Å². The first-order valence-electron chi connectivity index (χ1n) is 8.05. The molecular weight excluding hydrogens is 431 g/mol. The first-order chi connectivity index (χ1) is 11.4. The predicted molar refractivity (Wildman–Crippen MR) is 112 cm³/mol. The van der Waals surface area contributed by atoms with Gasteiger partial charge >= 0.3 is 0 Å². The molecule has 1 amide bonds. The summed E-state index contributed by atoms with van der Waals surface area (Å²) in [6.07, 6.45) is 4.77. The molecule has 2 rings (SSSR count). The van der Waals surface area contributed by atoms with E-state index in [4.69, 9.17) is 0 Å². The van der Waals surface area contributed by atoms with Gasteiger partial charge in [-0.2, -0.15) is 0 Å². The summed E-state index contributed by atoms with van der Waals surface area (Å²) in [5, 5.41) is 9.09. The van der Waals surface area contributed by atoms with Crippen molar-refractivity contribution in [2.45, 2.75) is 32.7 Å². The Hall–Kier alpha value is -1.84.